The zero-order valence-corrected chi connectivity index (χ0v) is 10.3. The SMILES string of the molecule is [N-]=[N+]=NCC#Cc1ccc2c(c1)Cc1ccccc1-2. The van der Waals surface area contributed by atoms with Gasteiger partial charge in [0, 0.05) is 10.5 Å². The molecule has 90 valence electrons. The molecule has 0 aromatic heterocycles. The van der Waals surface area contributed by atoms with Crippen molar-refractivity contribution in [3.63, 3.8) is 0 Å². The first-order valence-corrected chi connectivity index (χ1v) is 6.09. The second kappa shape index (κ2) is 4.89. The maximum absolute atomic E-state index is 8.18. The molecule has 1 aliphatic rings. The van der Waals surface area contributed by atoms with Gasteiger partial charge in [-0.05, 0) is 46.3 Å². The molecule has 0 fully saturated rings. The molecule has 0 heterocycles. The molecular weight excluding hydrogens is 234 g/mol. The Labute approximate surface area is 111 Å². The first-order valence-electron chi connectivity index (χ1n) is 6.09. The predicted octanol–water partition coefficient (Wildman–Crippen LogP) is 3.92. The van der Waals surface area contributed by atoms with Crippen molar-refractivity contribution in [2.75, 3.05) is 6.54 Å². The molecular formula is C16H11N3. The van der Waals surface area contributed by atoms with Crippen LogP contribution in [0, 0.1) is 11.8 Å². The van der Waals surface area contributed by atoms with Crippen LogP contribution in [-0.4, -0.2) is 6.54 Å². The molecule has 1 aliphatic carbocycles. The van der Waals surface area contributed by atoms with Crippen molar-refractivity contribution in [1.82, 2.24) is 0 Å². The van der Waals surface area contributed by atoms with E-state index in [1.165, 1.54) is 22.3 Å². The van der Waals surface area contributed by atoms with Crippen molar-refractivity contribution in [2.24, 2.45) is 5.11 Å². The fraction of sp³-hybridized carbons (Fsp3) is 0.125. The average Bonchev–Trinajstić information content (AvgIpc) is 2.81. The van der Waals surface area contributed by atoms with Crippen molar-refractivity contribution >= 4 is 0 Å². The van der Waals surface area contributed by atoms with E-state index < -0.39 is 0 Å². The fourth-order valence-electron chi connectivity index (χ4n) is 2.43. The number of rotatable bonds is 1. The monoisotopic (exact) mass is 245 g/mol. The third kappa shape index (κ3) is 2.18. The van der Waals surface area contributed by atoms with Gasteiger partial charge in [0.2, 0.25) is 0 Å². The van der Waals surface area contributed by atoms with Crippen LogP contribution in [0.1, 0.15) is 16.7 Å². The minimum absolute atomic E-state index is 0.216. The highest BCUT2D eigenvalue weighted by Crippen LogP contribution is 2.36. The molecule has 2 aromatic rings. The fourth-order valence-corrected chi connectivity index (χ4v) is 2.43. The van der Waals surface area contributed by atoms with Crippen LogP contribution in [0.2, 0.25) is 0 Å². The Hall–Kier alpha value is -2.69. The Bertz CT molecular complexity index is 744. The summed E-state index contributed by atoms with van der Waals surface area (Å²) in [7, 11) is 0. The van der Waals surface area contributed by atoms with E-state index >= 15 is 0 Å². The highest BCUT2D eigenvalue weighted by atomic mass is 15.1. The second-order valence-corrected chi connectivity index (χ2v) is 4.40. The van der Waals surface area contributed by atoms with Gasteiger partial charge < -0.3 is 0 Å². The summed E-state index contributed by atoms with van der Waals surface area (Å²) in [5.74, 6) is 5.87. The quantitative estimate of drug-likeness (QED) is 0.270. The topological polar surface area (TPSA) is 48.8 Å². The summed E-state index contributed by atoms with van der Waals surface area (Å²) >= 11 is 0. The Morgan fingerprint density at radius 3 is 2.84 bits per heavy atom. The van der Waals surface area contributed by atoms with Gasteiger partial charge in [-0.15, -0.1) is 0 Å². The lowest BCUT2D eigenvalue weighted by molar-refractivity contribution is 1.25. The van der Waals surface area contributed by atoms with Crippen LogP contribution >= 0.6 is 0 Å². The molecule has 0 radical (unpaired) electrons. The zero-order chi connectivity index (χ0) is 13.1. The summed E-state index contributed by atoms with van der Waals surface area (Å²) < 4.78 is 0. The summed E-state index contributed by atoms with van der Waals surface area (Å²) in [6, 6.07) is 14.7. The molecule has 0 aliphatic heterocycles. The Kier molecular flexibility index (Phi) is 2.94. The summed E-state index contributed by atoms with van der Waals surface area (Å²) in [4.78, 5) is 2.67. The Balaban J connectivity index is 1.92. The lowest BCUT2D eigenvalue weighted by Gasteiger charge is -2.00. The van der Waals surface area contributed by atoms with Crippen molar-refractivity contribution < 1.29 is 0 Å². The van der Waals surface area contributed by atoms with E-state index in [0.717, 1.165) is 12.0 Å². The minimum Gasteiger partial charge on any atom is -0.0919 e. The summed E-state index contributed by atoms with van der Waals surface area (Å²) in [5, 5.41) is 3.40. The second-order valence-electron chi connectivity index (χ2n) is 4.40. The smallest absolute Gasteiger partial charge is 0.0880 e. The van der Waals surface area contributed by atoms with E-state index in [1.807, 2.05) is 6.07 Å². The van der Waals surface area contributed by atoms with Crippen LogP contribution in [-0.2, 0) is 6.42 Å². The normalized spacial score (nSPS) is 10.7. The van der Waals surface area contributed by atoms with E-state index in [0.29, 0.717) is 0 Å². The molecule has 19 heavy (non-hydrogen) atoms. The predicted molar refractivity (Wildman–Crippen MR) is 75.6 cm³/mol. The molecule has 0 saturated carbocycles. The van der Waals surface area contributed by atoms with Gasteiger partial charge in [0.05, 0.1) is 6.54 Å². The van der Waals surface area contributed by atoms with E-state index in [4.69, 9.17) is 5.53 Å². The molecule has 0 amide bonds. The molecule has 0 saturated heterocycles. The maximum atomic E-state index is 8.18. The standard InChI is InChI=1S/C16H11N3/c17-19-18-9-3-4-12-7-8-16-14(10-12)11-13-5-1-2-6-15(13)16/h1-2,5-8,10H,9,11H2. The van der Waals surface area contributed by atoms with Crippen molar-refractivity contribution in [3.05, 3.63) is 69.6 Å². The van der Waals surface area contributed by atoms with Crippen LogP contribution in [0.15, 0.2) is 47.6 Å². The van der Waals surface area contributed by atoms with Crippen LogP contribution < -0.4 is 0 Å². The zero-order valence-electron chi connectivity index (χ0n) is 10.3. The lowest BCUT2D eigenvalue weighted by atomic mass is 10.0. The number of hydrogen-bond acceptors (Lipinski definition) is 1. The lowest BCUT2D eigenvalue weighted by Crippen LogP contribution is -1.83. The van der Waals surface area contributed by atoms with Gasteiger partial charge in [0.15, 0.2) is 0 Å². The molecule has 0 bridgehead atoms. The van der Waals surface area contributed by atoms with Crippen molar-refractivity contribution in [1.29, 1.82) is 0 Å². The van der Waals surface area contributed by atoms with E-state index in [1.54, 1.807) is 0 Å². The van der Waals surface area contributed by atoms with Gasteiger partial charge in [-0.1, -0.05) is 47.3 Å². The van der Waals surface area contributed by atoms with E-state index in [2.05, 4.69) is 58.3 Å². The van der Waals surface area contributed by atoms with E-state index in [9.17, 15) is 0 Å². The first kappa shape index (κ1) is 11.4. The summed E-state index contributed by atoms with van der Waals surface area (Å²) in [6.07, 6.45) is 0.970. The minimum atomic E-state index is 0.216. The van der Waals surface area contributed by atoms with Crippen LogP contribution in [0.4, 0.5) is 0 Å². The van der Waals surface area contributed by atoms with Gasteiger partial charge >= 0.3 is 0 Å². The number of benzene rings is 2. The van der Waals surface area contributed by atoms with Crippen LogP contribution in [0.5, 0.6) is 0 Å². The van der Waals surface area contributed by atoms with Gasteiger partial charge in [-0.3, -0.25) is 0 Å². The number of azide groups is 1. The molecule has 0 unspecified atom stereocenters. The third-order valence-corrected chi connectivity index (χ3v) is 3.24. The van der Waals surface area contributed by atoms with Gasteiger partial charge in [-0.25, -0.2) is 0 Å². The highest BCUT2D eigenvalue weighted by molar-refractivity contribution is 5.77. The average molecular weight is 245 g/mol. The molecule has 3 heteroatoms. The molecule has 2 aromatic carbocycles. The number of hydrogen-bond donors (Lipinski definition) is 0. The van der Waals surface area contributed by atoms with Crippen molar-refractivity contribution in [3.8, 4) is 23.0 Å². The molecule has 0 atom stereocenters. The highest BCUT2D eigenvalue weighted by Gasteiger charge is 2.17. The van der Waals surface area contributed by atoms with Gasteiger partial charge in [0.25, 0.3) is 0 Å². The number of nitrogens with zero attached hydrogens (tertiary/aromatic N) is 3. The third-order valence-electron chi connectivity index (χ3n) is 3.24. The van der Waals surface area contributed by atoms with Crippen molar-refractivity contribution in [2.45, 2.75) is 6.42 Å². The maximum Gasteiger partial charge on any atom is 0.0880 e. The molecule has 0 N–H and O–H groups in total. The molecule has 3 rings (SSSR count). The van der Waals surface area contributed by atoms with Crippen LogP contribution in [0.3, 0.4) is 0 Å². The van der Waals surface area contributed by atoms with E-state index in [-0.39, 0.29) is 6.54 Å². The van der Waals surface area contributed by atoms with Gasteiger partial charge in [0.1, 0.15) is 0 Å². The largest absolute Gasteiger partial charge is 0.0919 e. The number of fused-ring (bicyclic) bond motifs is 3. The Morgan fingerprint density at radius 1 is 1.11 bits per heavy atom. The summed E-state index contributed by atoms with van der Waals surface area (Å²) in [6.45, 7) is 0.216. The first-order chi connectivity index (χ1) is 9.38. The van der Waals surface area contributed by atoms with Gasteiger partial charge in [-0.2, -0.15) is 0 Å². The van der Waals surface area contributed by atoms with Crippen LogP contribution in [0.25, 0.3) is 21.6 Å². The summed E-state index contributed by atoms with van der Waals surface area (Å²) in [5.41, 5.74) is 14.5. The molecule has 3 nitrogen and oxygen atoms in total. The Morgan fingerprint density at radius 2 is 1.95 bits per heavy atom. The molecule has 0 spiro atoms.